The Kier molecular flexibility index (Phi) is 4.44. The van der Waals surface area contributed by atoms with Crippen LogP contribution in [0.3, 0.4) is 0 Å². The summed E-state index contributed by atoms with van der Waals surface area (Å²) in [6.07, 6.45) is 4.39. The van der Waals surface area contributed by atoms with E-state index < -0.39 is 5.41 Å². The van der Waals surface area contributed by atoms with Crippen LogP contribution in [0, 0.1) is 16.7 Å². The number of nitrogens with zero attached hydrogens (tertiary/aromatic N) is 1. The zero-order chi connectivity index (χ0) is 13.7. The van der Waals surface area contributed by atoms with Crippen LogP contribution in [0.5, 0.6) is 0 Å². The molecule has 1 aromatic rings. The molecule has 0 aliphatic heterocycles. The summed E-state index contributed by atoms with van der Waals surface area (Å²) in [5.41, 5.74) is 0.173. The molecule has 2 rings (SSSR count). The first kappa shape index (κ1) is 13.9. The molecule has 1 saturated carbocycles. The monoisotopic (exact) mass is 276 g/mol. The van der Waals surface area contributed by atoms with Crippen molar-refractivity contribution < 1.29 is 4.79 Å². The third kappa shape index (κ3) is 3.27. The number of nitrogens with one attached hydrogen (secondary N) is 1. The normalized spacial score (nSPS) is 17.5. The van der Waals surface area contributed by atoms with Crippen molar-refractivity contribution in [2.75, 3.05) is 0 Å². The van der Waals surface area contributed by atoms with Crippen LogP contribution in [0.25, 0.3) is 0 Å². The van der Waals surface area contributed by atoms with E-state index in [-0.39, 0.29) is 5.91 Å². The Morgan fingerprint density at radius 2 is 1.89 bits per heavy atom. The average molecular weight is 277 g/mol. The summed E-state index contributed by atoms with van der Waals surface area (Å²) in [6.45, 7) is 0.444. The Balaban J connectivity index is 1.96. The second-order valence-corrected chi connectivity index (χ2v) is 5.50. The van der Waals surface area contributed by atoms with E-state index in [1.807, 2.05) is 12.1 Å². The first-order valence-electron chi connectivity index (χ1n) is 6.60. The van der Waals surface area contributed by atoms with Gasteiger partial charge in [0.25, 0.3) is 0 Å². The van der Waals surface area contributed by atoms with E-state index in [0.29, 0.717) is 24.4 Å². The van der Waals surface area contributed by atoms with Gasteiger partial charge in [0, 0.05) is 11.6 Å². The van der Waals surface area contributed by atoms with E-state index in [1.165, 1.54) is 0 Å². The number of rotatable bonds is 3. The van der Waals surface area contributed by atoms with Crippen LogP contribution in [0.1, 0.15) is 37.7 Å². The van der Waals surface area contributed by atoms with E-state index >= 15 is 0 Å². The molecule has 0 spiro atoms. The van der Waals surface area contributed by atoms with E-state index in [9.17, 15) is 10.1 Å². The van der Waals surface area contributed by atoms with Crippen LogP contribution in [0.15, 0.2) is 24.3 Å². The highest BCUT2D eigenvalue weighted by Crippen LogP contribution is 2.35. The number of carbonyl (C=O) groups is 1. The molecule has 1 aliphatic rings. The summed E-state index contributed by atoms with van der Waals surface area (Å²) in [7, 11) is 0. The zero-order valence-electron chi connectivity index (χ0n) is 10.8. The predicted molar refractivity (Wildman–Crippen MR) is 74.4 cm³/mol. The van der Waals surface area contributed by atoms with Crippen molar-refractivity contribution in [3.05, 3.63) is 34.9 Å². The molecule has 4 heteroatoms. The van der Waals surface area contributed by atoms with Crippen molar-refractivity contribution >= 4 is 17.5 Å². The van der Waals surface area contributed by atoms with Gasteiger partial charge in [-0.3, -0.25) is 4.79 Å². The molecule has 1 N–H and O–H groups in total. The highest BCUT2D eigenvalue weighted by atomic mass is 35.5. The maximum absolute atomic E-state index is 12.2. The molecule has 0 bridgehead atoms. The lowest BCUT2D eigenvalue weighted by atomic mass is 9.74. The average Bonchev–Trinajstić information content (AvgIpc) is 2.47. The van der Waals surface area contributed by atoms with Crippen LogP contribution in [0.4, 0.5) is 0 Å². The summed E-state index contributed by atoms with van der Waals surface area (Å²) in [6, 6.07) is 9.58. The summed E-state index contributed by atoms with van der Waals surface area (Å²) < 4.78 is 0. The van der Waals surface area contributed by atoms with Crippen LogP contribution in [0.2, 0.25) is 5.02 Å². The summed E-state index contributed by atoms with van der Waals surface area (Å²) >= 11 is 5.81. The van der Waals surface area contributed by atoms with E-state index in [2.05, 4.69) is 11.4 Å². The first-order chi connectivity index (χ1) is 9.16. The van der Waals surface area contributed by atoms with E-state index in [1.54, 1.807) is 12.1 Å². The molecule has 1 fully saturated rings. The van der Waals surface area contributed by atoms with Gasteiger partial charge in [0.2, 0.25) is 5.91 Å². The Bertz CT molecular complexity index is 484. The second-order valence-electron chi connectivity index (χ2n) is 5.06. The maximum Gasteiger partial charge on any atom is 0.240 e. The van der Waals surface area contributed by atoms with Gasteiger partial charge in [0.15, 0.2) is 0 Å². The molecule has 0 unspecified atom stereocenters. The number of benzene rings is 1. The third-order valence-electron chi connectivity index (χ3n) is 3.72. The number of halogens is 1. The van der Waals surface area contributed by atoms with Crippen molar-refractivity contribution in [2.24, 2.45) is 5.41 Å². The Morgan fingerprint density at radius 1 is 1.26 bits per heavy atom. The molecule has 0 atom stereocenters. The minimum atomic E-state index is -0.815. The van der Waals surface area contributed by atoms with E-state index in [0.717, 1.165) is 24.8 Å². The van der Waals surface area contributed by atoms with Crippen LogP contribution in [-0.2, 0) is 11.3 Å². The second kappa shape index (κ2) is 6.08. The molecule has 0 radical (unpaired) electrons. The molecule has 1 aromatic carbocycles. The third-order valence-corrected chi connectivity index (χ3v) is 3.97. The molecular formula is C15H17ClN2O. The van der Waals surface area contributed by atoms with Crippen molar-refractivity contribution in [3.63, 3.8) is 0 Å². The Labute approximate surface area is 118 Å². The van der Waals surface area contributed by atoms with Crippen molar-refractivity contribution in [1.82, 2.24) is 5.32 Å². The number of hydrogen-bond acceptors (Lipinski definition) is 2. The predicted octanol–water partition coefficient (Wildman–Crippen LogP) is 3.43. The summed E-state index contributed by atoms with van der Waals surface area (Å²) in [5, 5.41) is 12.9. The Morgan fingerprint density at radius 3 is 2.47 bits per heavy atom. The van der Waals surface area contributed by atoms with Gasteiger partial charge >= 0.3 is 0 Å². The Hall–Kier alpha value is -1.53. The highest BCUT2D eigenvalue weighted by molar-refractivity contribution is 6.30. The van der Waals surface area contributed by atoms with Gasteiger partial charge in [0.05, 0.1) is 6.07 Å². The molecule has 0 aromatic heterocycles. The fourth-order valence-corrected chi connectivity index (χ4v) is 2.62. The van der Waals surface area contributed by atoms with Gasteiger partial charge in [0.1, 0.15) is 5.41 Å². The van der Waals surface area contributed by atoms with Crippen molar-refractivity contribution in [1.29, 1.82) is 5.26 Å². The molecule has 1 aliphatic carbocycles. The van der Waals surface area contributed by atoms with Gasteiger partial charge in [-0.05, 0) is 30.5 Å². The topological polar surface area (TPSA) is 52.9 Å². The van der Waals surface area contributed by atoms with E-state index in [4.69, 9.17) is 11.6 Å². The fraction of sp³-hybridized carbons (Fsp3) is 0.467. The number of amides is 1. The summed E-state index contributed by atoms with van der Waals surface area (Å²) in [4.78, 5) is 12.2. The maximum atomic E-state index is 12.2. The van der Waals surface area contributed by atoms with Crippen molar-refractivity contribution in [2.45, 2.75) is 38.6 Å². The quantitative estimate of drug-likeness (QED) is 0.919. The van der Waals surface area contributed by atoms with Gasteiger partial charge < -0.3 is 5.32 Å². The molecule has 100 valence electrons. The molecular weight excluding hydrogens is 260 g/mol. The molecule has 19 heavy (non-hydrogen) atoms. The smallest absolute Gasteiger partial charge is 0.240 e. The highest BCUT2D eigenvalue weighted by Gasteiger charge is 2.39. The van der Waals surface area contributed by atoms with Gasteiger partial charge in [-0.2, -0.15) is 5.26 Å². The number of hydrogen-bond donors (Lipinski definition) is 1. The van der Waals surface area contributed by atoms with Gasteiger partial charge in [-0.1, -0.05) is 43.0 Å². The van der Waals surface area contributed by atoms with Gasteiger partial charge in [-0.25, -0.2) is 0 Å². The zero-order valence-corrected chi connectivity index (χ0v) is 11.5. The lowest BCUT2D eigenvalue weighted by molar-refractivity contribution is -0.129. The molecule has 1 amide bonds. The fourth-order valence-electron chi connectivity index (χ4n) is 2.50. The lowest BCUT2D eigenvalue weighted by Crippen LogP contribution is -2.41. The minimum absolute atomic E-state index is 0.135. The largest absolute Gasteiger partial charge is 0.351 e. The number of carbonyl (C=O) groups excluding carboxylic acids is 1. The van der Waals surface area contributed by atoms with Gasteiger partial charge in [-0.15, -0.1) is 0 Å². The summed E-state index contributed by atoms with van der Waals surface area (Å²) in [5.74, 6) is -0.135. The van der Waals surface area contributed by atoms with Crippen LogP contribution < -0.4 is 5.32 Å². The number of nitriles is 1. The van der Waals surface area contributed by atoms with Crippen molar-refractivity contribution in [3.8, 4) is 6.07 Å². The van der Waals surface area contributed by atoms with Crippen LogP contribution >= 0.6 is 11.6 Å². The first-order valence-corrected chi connectivity index (χ1v) is 6.98. The lowest BCUT2D eigenvalue weighted by Gasteiger charge is -2.29. The standard InChI is InChI=1S/C15H17ClN2O/c16-13-6-4-12(5-7-13)10-18-14(19)15(11-17)8-2-1-3-9-15/h4-7H,1-3,8-10H2,(H,18,19). The molecule has 3 nitrogen and oxygen atoms in total. The molecule has 0 heterocycles. The minimum Gasteiger partial charge on any atom is -0.351 e. The van der Waals surface area contributed by atoms with Crippen LogP contribution in [-0.4, -0.2) is 5.91 Å². The SMILES string of the molecule is N#CC1(C(=O)NCc2ccc(Cl)cc2)CCCCC1. The molecule has 0 saturated heterocycles.